The maximum absolute atomic E-state index is 14.8. The Kier molecular flexibility index (Phi) is 10.8. The van der Waals surface area contributed by atoms with E-state index in [4.69, 9.17) is 4.74 Å². The number of nitrogens with zero attached hydrogens (tertiary/aromatic N) is 2. The summed E-state index contributed by atoms with van der Waals surface area (Å²) < 4.78 is 19.9. The fourth-order valence-electron chi connectivity index (χ4n) is 4.13. The van der Waals surface area contributed by atoms with Gasteiger partial charge in [-0.15, -0.1) is 0 Å². The van der Waals surface area contributed by atoms with E-state index < -0.39 is 17.8 Å². The zero-order chi connectivity index (χ0) is 28.4. The van der Waals surface area contributed by atoms with Gasteiger partial charge >= 0.3 is 0 Å². The number of ether oxygens (including phenoxy) is 1. The van der Waals surface area contributed by atoms with Crippen molar-refractivity contribution in [1.82, 2.24) is 20.4 Å². The first-order valence-electron chi connectivity index (χ1n) is 12.9. The van der Waals surface area contributed by atoms with Gasteiger partial charge in [-0.1, -0.05) is 25.1 Å². The van der Waals surface area contributed by atoms with E-state index in [0.29, 0.717) is 24.4 Å². The van der Waals surface area contributed by atoms with Gasteiger partial charge in [-0.2, -0.15) is 0 Å². The quantitative estimate of drug-likeness (QED) is 0.395. The monoisotopic (exact) mass is 541 g/mol. The van der Waals surface area contributed by atoms with E-state index in [2.05, 4.69) is 20.9 Å². The van der Waals surface area contributed by atoms with Crippen LogP contribution >= 0.6 is 0 Å². The minimum Gasteiger partial charge on any atom is -0.497 e. The Morgan fingerprint density at radius 1 is 0.949 bits per heavy atom. The predicted molar refractivity (Wildman–Crippen MR) is 145 cm³/mol. The Bertz CT molecular complexity index is 1170. The van der Waals surface area contributed by atoms with Crippen molar-refractivity contribution in [3.8, 4) is 5.75 Å². The second-order valence-corrected chi connectivity index (χ2v) is 9.47. The molecule has 1 aliphatic rings. The topological polar surface area (TPSA) is 120 Å². The number of carbonyl (C=O) groups is 4. The summed E-state index contributed by atoms with van der Waals surface area (Å²) in [5.41, 5.74) is 1.21. The van der Waals surface area contributed by atoms with Crippen LogP contribution in [0.4, 0.5) is 10.1 Å². The van der Waals surface area contributed by atoms with Gasteiger partial charge < -0.3 is 30.5 Å². The lowest BCUT2D eigenvalue weighted by Gasteiger charge is -2.34. The lowest BCUT2D eigenvalue weighted by atomic mass is 10.0. The summed E-state index contributed by atoms with van der Waals surface area (Å²) in [6, 6.07) is 10.4. The molecule has 210 valence electrons. The third-order valence-electron chi connectivity index (χ3n) is 6.49. The summed E-state index contributed by atoms with van der Waals surface area (Å²) in [4.78, 5) is 53.5. The smallest absolute Gasteiger partial charge is 0.245 e. The molecule has 1 aliphatic heterocycles. The normalized spacial score (nSPS) is 14.3. The van der Waals surface area contributed by atoms with Crippen molar-refractivity contribution in [2.75, 3.05) is 52.2 Å². The second kappa shape index (κ2) is 14.2. The minimum absolute atomic E-state index is 0.0484. The highest BCUT2D eigenvalue weighted by Crippen LogP contribution is 2.18. The number of hydrogen-bond acceptors (Lipinski definition) is 6. The van der Waals surface area contributed by atoms with E-state index in [9.17, 15) is 23.6 Å². The van der Waals surface area contributed by atoms with Crippen LogP contribution in [0.3, 0.4) is 0 Å². The molecule has 1 fully saturated rings. The third kappa shape index (κ3) is 9.06. The van der Waals surface area contributed by atoms with E-state index in [0.717, 1.165) is 18.7 Å². The first-order valence-corrected chi connectivity index (χ1v) is 12.9. The molecule has 1 heterocycles. The molecule has 2 aromatic carbocycles. The van der Waals surface area contributed by atoms with Gasteiger partial charge in [0.2, 0.25) is 23.6 Å². The number of methoxy groups -OCH3 is 1. The molecule has 4 amide bonds. The van der Waals surface area contributed by atoms with Crippen LogP contribution in [-0.4, -0.2) is 86.4 Å². The minimum atomic E-state index is -0.818. The summed E-state index contributed by atoms with van der Waals surface area (Å²) in [6.45, 7) is 3.98. The van der Waals surface area contributed by atoms with Crippen LogP contribution < -0.4 is 20.7 Å². The number of piperazine rings is 1. The van der Waals surface area contributed by atoms with Crippen LogP contribution in [-0.2, 0) is 32.0 Å². The van der Waals surface area contributed by atoms with Crippen LogP contribution in [0.15, 0.2) is 42.5 Å². The van der Waals surface area contributed by atoms with Gasteiger partial charge in [0.05, 0.1) is 25.8 Å². The molecule has 39 heavy (non-hydrogen) atoms. The summed E-state index contributed by atoms with van der Waals surface area (Å²) in [7, 11) is 3.54. The number of anilines is 1. The summed E-state index contributed by atoms with van der Waals surface area (Å²) >= 11 is 0. The van der Waals surface area contributed by atoms with E-state index >= 15 is 0 Å². The molecule has 11 heteroatoms. The standard InChI is InChI=1S/C28H36FN5O5/c1-4-25(35)32-24(28(38)34-13-11-33(2)12-14-34)16-20-7-10-23(22(29)15-20)31-27(37)18-30-26(36)17-19-5-8-21(39-3)9-6-19/h5-10,15,24H,4,11-14,16-18H2,1-3H3,(H,30,36)(H,31,37)(H,32,35). The summed E-state index contributed by atoms with van der Waals surface area (Å²) in [6.07, 6.45) is 0.425. The van der Waals surface area contributed by atoms with Gasteiger partial charge in [-0.25, -0.2) is 4.39 Å². The van der Waals surface area contributed by atoms with E-state index in [1.165, 1.54) is 12.1 Å². The molecule has 0 aliphatic carbocycles. The third-order valence-corrected chi connectivity index (χ3v) is 6.49. The molecule has 0 aromatic heterocycles. The van der Waals surface area contributed by atoms with Gasteiger partial charge in [-0.3, -0.25) is 19.2 Å². The van der Waals surface area contributed by atoms with Crippen molar-refractivity contribution in [2.45, 2.75) is 32.2 Å². The Morgan fingerprint density at radius 2 is 1.62 bits per heavy atom. The first kappa shape index (κ1) is 29.6. The Morgan fingerprint density at radius 3 is 2.23 bits per heavy atom. The first-order chi connectivity index (χ1) is 18.7. The average Bonchev–Trinajstić information content (AvgIpc) is 2.93. The Labute approximate surface area is 227 Å². The molecule has 0 spiro atoms. The molecule has 0 saturated carbocycles. The van der Waals surface area contributed by atoms with Crippen molar-refractivity contribution < 1.29 is 28.3 Å². The molecule has 1 saturated heterocycles. The Hall–Kier alpha value is -3.99. The molecule has 0 radical (unpaired) electrons. The zero-order valence-corrected chi connectivity index (χ0v) is 22.6. The van der Waals surface area contributed by atoms with Gasteiger partial charge in [0.15, 0.2) is 0 Å². The Balaban J connectivity index is 1.55. The number of carbonyl (C=O) groups excluding carboxylic acids is 4. The van der Waals surface area contributed by atoms with Crippen molar-refractivity contribution in [1.29, 1.82) is 0 Å². The number of rotatable bonds is 11. The summed E-state index contributed by atoms with van der Waals surface area (Å²) in [5.74, 6) is -1.40. The highest BCUT2D eigenvalue weighted by atomic mass is 19.1. The molecular formula is C28H36FN5O5. The highest BCUT2D eigenvalue weighted by molar-refractivity contribution is 5.95. The van der Waals surface area contributed by atoms with Crippen LogP contribution in [0.1, 0.15) is 24.5 Å². The SMILES string of the molecule is CCC(=O)NC(Cc1ccc(NC(=O)CNC(=O)Cc2ccc(OC)cc2)c(F)c1)C(=O)N1CCN(C)CC1. The molecule has 2 aromatic rings. The number of nitrogens with one attached hydrogen (secondary N) is 3. The highest BCUT2D eigenvalue weighted by Gasteiger charge is 2.28. The fourth-order valence-corrected chi connectivity index (χ4v) is 4.13. The molecule has 1 atom stereocenters. The zero-order valence-electron chi connectivity index (χ0n) is 22.6. The maximum Gasteiger partial charge on any atom is 0.245 e. The molecule has 1 unspecified atom stereocenters. The molecule has 10 nitrogen and oxygen atoms in total. The maximum atomic E-state index is 14.8. The number of halogens is 1. The van der Waals surface area contributed by atoms with Crippen LogP contribution in [0.5, 0.6) is 5.75 Å². The number of amides is 4. The lowest BCUT2D eigenvalue weighted by Crippen LogP contribution is -2.54. The van der Waals surface area contributed by atoms with E-state index in [1.807, 2.05) is 7.05 Å². The van der Waals surface area contributed by atoms with Crippen LogP contribution in [0.25, 0.3) is 0 Å². The molecule has 3 N–H and O–H groups in total. The van der Waals surface area contributed by atoms with Crippen LogP contribution in [0, 0.1) is 5.82 Å². The lowest BCUT2D eigenvalue weighted by molar-refractivity contribution is -0.137. The number of likely N-dealkylation sites (N-methyl/N-ethyl adjacent to an activating group) is 1. The van der Waals surface area contributed by atoms with E-state index in [-0.39, 0.29) is 49.2 Å². The molecular weight excluding hydrogens is 505 g/mol. The fraction of sp³-hybridized carbons (Fsp3) is 0.429. The van der Waals surface area contributed by atoms with Crippen molar-refractivity contribution in [2.24, 2.45) is 0 Å². The van der Waals surface area contributed by atoms with Crippen molar-refractivity contribution in [3.63, 3.8) is 0 Å². The second-order valence-electron chi connectivity index (χ2n) is 9.47. The van der Waals surface area contributed by atoms with Crippen LogP contribution in [0.2, 0.25) is 0 Å². The van der Waals surface area contributed by atoms with Crippen molar-refractivity contribution >= 4 is 29.3 Å². The van der Waals surface area contributed by atoms with Gasteiger partial charge in [-0.05, 0) is 42.4 Å². The van der Waals surface area contributed by atoms with Gasteiger partial charge in [0, 0.05) is 39.0 Å². The average molecular weight is 542 g/mol. The number of benzene rings is 2. The van der Waals surface area contributed by atoms with Gasteiger partial charge in [0.1, 0.15) is 17.6 Å². The summed E-state index contributed by atoms with van der Waals surface area (Å²) in [5, 5.41) is 7.72. The van der Waals surface area contributed by atoms with E-state index in [1.54, 1.807) is 49.3 Å². The predicted octanol–water partition coefficient (Wildman–Crippen LogP) is 1.34. The molecule has 3 rings (SSSR count). The molecule has 0 bridgehead atoms. The largest absolute Gasteiger partial charge is 0.497 e. The number of hydrogen-bond donors (Lipinski definition) is 3. The van der Waals surface area contributed by atoms with Gasteiger partial charge in [0.25, 0.3) is 0 Å². The van der Waals surface area contributed by atoms with Crippen molar-refractivity contribution in [3.05, 3.63) is 59.4 Å².